The topological polar surface area (TPSA) is 89.3 Å². The van der Waals surface area contributed by atoms with Crippen molar-refractivity contribution in [1.29, 1.82) is 0 Å². The van der Waals surface area contributed by atoms with E-state index in [2.05, 4.69) is 21.2 Å². The van der Waals surface area contributed by atoms with Crippen LogP contribution in [0.15, 0.2) is 21.5 Å². The summed E-state index contributed by atoms with van der Waals surface area (Å²) in [6.45, 7) is 5.41. The molecule has 0 atom stereocenters. The molecular weight excluding hydrogens is 356 g/mol. The van der Waals surface area contributed by atoms with Crippen molar-refractivity contribution in [1.82, 2.24) is 5.32 Å². The van der Waals surface area contributed by atoms with E-state index in [9.17, 15) is 13.2 Å². The number of halogens is 2. The molecule has 0 aromatic heterocycles. The van der Waals surface area contributed by atoms with Gasteiger partial charge in [-0.15, -0.1) is 0 Å². The molecule has 0 radical (unpaired) electrons. The van der Waals surface area contributed by atoms with E-state index in [4.69, 9.17) is 16.7 Å². The van der Waals surface area contributed by atoms with Crippen LogP contribution in [0.5, 0.6) is 0 Å². The first-order valence-corrected chi connectivity index (χ1v) is 7.98. The number of rotatable bonds is 2. The molecule has 1 rings (SSSR count). The minimum atomic E-state index is -3.94. The van der Waals surface area contributed by atoms with Crippen molar-refractivity contribution in [2.75, 3.05) is 0 Å². The molecule has 1 amide bonds. The SMILES string of the molecule is CC(C)(C)NC(=O)c1cc(S(N)(=O)=O)c(Br)cc1Cl. The van der Waals surface area contributed by atoms with Gasteiger partial charge < -0.3 is 5.32 Å². The van der Waals surface area contributed by atoms with Crippen LogP contribution in [0.2, 0.25) is 5.02 Å². The van der Waals surface area contributed by atoms with E-state index in [0.717, 1.165) is 6.07 Å². The van der Waals surface area contributed by atoms with Crippen LogP contribution in [-0.4, -0.2) is 19.9 Å². The van der Waals surface area contributed by atoms with Crippen LogP contribution in [0, 0.1) is 0 Å². The molecule has 1 aromatic carbocycles. The molecule has 0 bridgehead atoms. The molecule has 0 aliphatic carbocycles. The van der Waals surface area contributed by atoms with Gasteiger partial charge in [0.05, 0.1) is 15.5 Å². The first kappa shape index (κ1) is 16.4. The zero-order valence-electron chi connectivity index (χ0n) is 10.6. The molecule has 0 heterocycles. The van der Waals surface area contributed by atoms with Crippen LogP contribution in [0.1, 0.15) is 31.1 Å². The van der Waals surface area contributed by atoms with E-state index in [1.165, 1.54) is 6.07 Å². The fourth-order valence-corrected chi connectivity index (χ4v) is 3.34. The summed E-state index contributed by atoms with van der Waals surface area (Å²) in [7, 11) is -3.94. The number of sulfonamides is 1. The van der Waals surface area contributed by atoms with Gasteiger partial charge in [0.15, 0.2) is 0 Å². The first-order chi connectivity index (χ1) is 8.42. The zero-order chi connectivity index (χ0) is 15.0. The van der Waals surface area contributed by atoms with E-state index in [0.29, 0.717) is 0 Å². The second-order valence-corrected chi connectivity index (χ2v) is 7.80. The van der Waals surface area contributed by atoms with Crippen LogP contribution in [0.3, 0.4) is 0 Å². The fraction of sp³-hybridized carbons (Fsp3) is 0.364. The Labute approximate surface area is 125 Å². The number of nitrogens with two attached hydrogens (primary N) is 1. The van der Waals surface area contributed by atoms with Crippen molar-refractivity contribution >= 4 is 43.5 Å². The lowest BCUT2D eigenvalue weighted by Gasteiger charge is -2.21. The summed E-state index contributed by atoms with van der Waals surface area (Å²) >= 11 is 9.00. The monoisotopic (exact) mass is 368 g/mol. The van der Waals surface area contributed by atoms with E-state index >= 15 is 0 Å². The maximum atomic E-state index is 12.0. The van der Waals surface area contributed by atoms with Crippen LogP contribution < -0.4 is 10.5 Å². The molecule has 0 spiro atoms. The number of carbonyl (C=O) groups is 1. The molecule has 8 heteroatoms. The van der Waals surface area contributed by atoms with Gasteiger partial charge in [-0.3, -0.25) is 4.79 Å². The molecule has 3 N–H and O–H groups in total. The molecule has 0 fully saturated rings. The minimum absolute atomic E-state index is 0.0591. The van der Waals surface area contributed by atoms with E-state index in [-0.39, 0.29) is 20.0 Å². The Morgan fingerprint density at radius 2 is 1.89 bits per heavy atom. The largest absolute Gasteiger partial charge is 0.347 e. The van der Waals surface area contributed by atoms with Crippen molar-refractivity contribution in [3.63, 3.8) is 0 Å². The van der Waals surface area contributed by atoms with Gasteiger partial charge in [0.2, 0.25) is 10.0 Å². The molecule has 19 heavy (non-hydrogen) atoms. The number of hydrogen-bond acceptors (Lipinski definition) is 3. The molecule has 106 valence electrons. The summed E-state index contributed by atoms with van der Waals surface area (Å²) in [5, 5.41) is 7.91. The highest BCUT2D eigenvalue weighted by Gasteiger charge is 2.22. The Hall–Kier alpha value is -0.630. The number of primary sulfonamides is 1. The lowest BCUT2D eigenvalue weighted by Crippen LogP contribution is -2.40. The predicted molar refractivity (Wildman–Crippen MR) is 77.7 cm³/mol. The van der Waals surface area contributed by atoms with E-state index in [1.54, 1.807) is 20.8 Å². The lowest BCUT2D eigenvalue weighted by molar-refractivity contribution is 0.0919. The highest BCUT2D eigenvalue weighted by Crippen LogP contribution is 2.28. The number of hydrogen-bond donors (Lipinski definition) is 2. The summed E-state index contributed by atoms with van der Waals surface area (Å²) in [5.41, 5.74) is -0.404. The quantitative estimate of drug-likeness (QED) is 0.838. The molecule has 5 nitrogen and oxygen atoms in total. The smallest absolute Gasteiger partial charge is 0.253 e. The third-order valence-electron chi connectivity index (χ3n) is 2.06. The average molecular weight is 370 g/mol. The van der Waals surface area contributed by atoms with Gasteiger partial charge in [0, 0.05) is 10.0 Å². The van der Waals surface area contributed by atoms with Gasteiger partial charge >= 0.3 is 0 Å². The van der Waals surface area contributed by atoms with E-state index in [1.807, 2.05) is 0 Å². The zero-order valence-corrected chi connectivity index (χ0v) is 13.8. The van der Waals surface area contributed by atoms with Crippen LogP contribution in [0.4, 0.5) is 0 Å². The third kappa shape index (κ3) is 4.45. The molecule has 0 saturated heterocycles. The van der Waals surface area contributed by atoms with Gasteiger partial charge in [0.25, 0.3) is 5.91 Å². The fourth-order valence-electron chi connectivity index (χ4n) is 1.33. The first-order valence-electron chi connectivity index (χ1n) is 5.26. The van der Waals surface area contributed by atoms with Gasteiger partial charge in [0.1, 0.15) is 0 Å². The maximum absolute atomic E-state index is 12.0. The van der Waals surface area contributed by atoms with Gasteiger partial charge in [-0.05, 0) is 48.8 Å². The Morgan fingerprint density at radius 3 is 2.32 bits per heavy atom. The molecular formula is C11H14BrClN2O3S. The van der Waals surface area contributed by atoms with Gasteiger partial charge in [-0.1, -0.05) is 11.6 Å². The molecule has 0 aliphatic rings. The Bertz CT molecular complexity index is 624. The predicted octanol–water partition coefficient (Wildman–Crippen LogP) is 2.28. The number of benzene rings is 1. The Balaban J connectivity index is 3.34. The van der Waals surface area contributed by atoms with Crippen molar-refractivity contribution in [3.05, 3.63) is 27.2 Å². The van der Waals surface area contributed by atoms with Crippen molar-refractivity contribution < 1.29 is 13.2 Å². The van der Waals surface area contributed by atoms with Crippen LogP contribution >= 0.6 is 27.5 Å². The van der Waals surface area contributed by atoms with Crippen LogP contribution in [0.25, 0.3) is 0 Å². The average Bonchev–Trinajstić information content (AvgIpc) is 2.11. The summed E-state index contributed by atoms with van der Waals surface area (Å²) in [6.07, 6.45) is 0. The van der Waals surface area contributed by atoms with Crippen molar-refractivity contribution in [2.45, 2.75) is 31.2 Å². The molecule has 0 saturated carbocycles. The van der Waals surface area contributed by atoms with Gasteiger partial charge in [-0.2, -0.15) is 0 Å². The second-order valence-electron chi connectivity index (χ2n) is 5.01. The molecule has 1 aromatic rings. The number of carbonyl (C=O) groups excluding carboxylic acids is 1. The highest BCUT2D eigenvalue weighted by molar-refractivity contribution is 9.10. The summed E-state index contributed by atoms with van der Waals surface area (Å²) in [6, 6.07) is 2.49. The summed E-state index contributed by atoms with van der Waals surface area (Å²) < 4.78 is 23.0. The summed E-state index contributed by atoms with van der Waals surface area (Å²) in [5.74, 6) is -0.463. The summed E-state index contributed by atoms with van der Waals surface area (Å²) in [4.78, 5) is 11.8. The van der Waals surface area contributed by atoms with Crippen LogP contribution in [-0.2, 0) is 10.0 Å². The number of amides is 1. The Kier molecular flexibility index (Phi) is 4.66. The maximum Gasteiger partial charge on any atom is 0.253 e. The van der Waals surface area contributed by atoms with E-state index < -0.39 is 21.5 Å². The Morgan fingerprint density at radius 1 is 1.37 bits per heavy atom. The lowest BCUT2D eigenvalue weighted by atomic mass is 10.1. The third-order valence-corrected chi connectivity index (χ3v) is 4.24. The minimum Gasteiger partial charge on any atom is -0.347 e. The normalized spacial score (nSPS) is 12.3. The molecule has 0 unspecified atom stereocenters. The standard InChI is InChI=1S/C11H14BrClN2O3S/c1-11(2,3)15-10(16)6-4-9(19(14,17)18)7(12)5-8(6)13/h4-5H,1-3H3,(H,15,16)(H2,14,17,18). The number of nitrogens with one attached hydrogen (secondary N) is 1. The molecule has 0 aliphatic heterocycles. The van der Waals surface area contributed by atoms with Crippen molar-refractivity contribution in [2.24, 2.45) is 5.14 Å². The van der Waals surface area contributed by atoms with Crippen molar-refractivity contribution in [3.8, 4) is 0 Å². The van der Waals surface area contributed by atoms with Gasteiger partial charge in [-0.25, -0.2) is 13.6 Å². The second kappa shape index (κ2) is 5.40. The highest BCUT2D eigenvalue weighted by atomic mass is 79.9.